The minimum absolute atomic E-state index is 0.150. The Bertz CT molecular complexity index is 1040. The normalized spacial score (nSPS) is 13.7. The summed E-state index contributed by atoms with van der Waals surface area (Å²) in [6, 6.07) is -1.54. The number of amides is 1. The second-order valence-corrected chi connectivity index (χ2v) is 17.8. The van der Waals surface area contributed by atoms with Crippen LogP contribution in [-0.4, -0.2) is 64.9 Å². The molecule has 0 spiro atoms. The molecular weight excluding hydrogens is 757 g/mol. The van der Waals surface area contributed by atoms with Crippen molar-refractivity contribution in [1.29, 1.82) is 0 Å². The topological polar surface area (TPSA) is 169 Å². The predicted octanol–water partition coefficient (Wildman–Crippen LogP) is 12.5. The number of allylic oxidation sites excluding steroid dienone is 2. The highest BCUT2D eigenvalue weighted by Crippen LogP contribution is 2.43. The molecule has 4 N–H and O–H groups in total. The van der Waals surface area contributed by atoms with Gasteiger partial charge in [-0.05, 0) is 38.5 Å². The second-order valence-electron chi connectivity index (χ2n) is 16.3. The molecule has 0 aromatic rings. The maximum Gasteiger partial charge on any atom is 0.472 e. The van der Waals surface area contributed by atoms with Gasteiger partial charge in [0.15, 0.2) is 6.04 Å². The maximum atomic E-state index is 12.3. The molecular formula is C46H88NO10P. The molecule has 0 bridgehead atoms. The minimum atomic E-state index is -4.75. The van der Waals surface area contributed by atoms with Gasteiger partial charge in [0, 0.05) is 12.8 Å². The summed E-state index contributed by atoms with van der Waals surface area (Å²) in [5.41, 5.74) is 0. The summed E-state index contributed by atoms with van der Waals surface area (Å²) >= 11 is 0. The van der Waals surface area contributed by atoms with E-state index >= 15 is 0 Å². The molecule has 0 aliphatic carbocycles. The summed E-state index contributed by atoms with van der Waals surface area (Å²) in [6.07, 6.45) is 42.5. The molecule has 0 aliphatic heterocycles. The molecule has 0 aromatic heterocycles. The van der Waals surface area contributed by atoms with E-state index in [2.05, 4.69) is 31.3 Å². The number of ether oxygens (including phenoxy) is 1. The number of esters is 1. The first-order valence-corrected chi connectivity index (χ1v) is 25.2. The third-order valence-corrected chi connectivity index (χ3v) is 11.5. The van der Waals surface area contributed by atoms with Gasteiger partial charge in [0.05, 0.1) is 13.2 Å². The van der Waals surface area contributed by atoms with Crippen molar-refractivity contribution in [2.45, 2.75) is 244 Å². The van der Waals surface area contributed by atoms with Crippen molar-refractivity contribution in [3.8, 4) is 0 Å². The first kappa shape index (κ1) is 56.2. The van der Waals surface area contributed by atoms with Crippen LogP contribution in [0.1, 0.15) is 232 Å². The van der Waals surface area contributed by atoms with Crippen molar-refractivity contribution < 1.29 is 47.8 Å². The quantitative estimate of drug-likeness (QED) is 0.0200. The SMILES string of the molecule is CCCCCCCC/C=C/CCCCCCCCCCCCCCCC(=O)OCC(O)COP(=O)(O)OCC(NC(=O)CCCCCCCCCCCCC)C(=O)O. The maximum absolute atomic E-state index is 12.3. The Morgan fingerprint density at radius 2 is 0.897 bits per heavy atom. The highest BCUT2D eigenvalue weighted by atomic mass is 31.2. The highest BCUT2D eigenvalue weighted by Gasteiger charge is 2.28. The Hall–Kier alpha value is -1.78. The summed E-state index contributed by atoms with van der Waals surface area (Å²) in [7, 11) is -4.75. The fourth-order valence-electron chi connectivity index (χ4n) is 6.84. The molecule has 3 unspecified atom stereocenters. The number of hydrogen-bond donors (Lipinski definition) is 4. The van der Waals surface area contributed by atoms with Crippen LogP contribution in [0.5, 0.6) is 0 Å². The first-order valence-electron chi connectivity index (χ1n) is 23.7. The van der Waals surface area contributed by atoms with Crippen molar-refractivity contribution >= 4 is 25.7 Å². The fraction of sp³-hybridized carbons (Fsp3) is 0.891. The van der Waals surface area contributed by atoms with Gasteiger partial charge in [0.25, 0.3) is 0 Å². The zero-order chi connectivity index (χ0) is 42.8. The van der Waals surface area contributed by atoms with E-state index in [1.54, 1.807) is 0 Å². The van der Waals surface area contributed by atoms with E-state index < -0.39 is 57.6 Å². The van der Waals surface area contributed by atoms with Crippen LogP contribution in [0.15, 0.2) is 12.2 Å². The van der Waals surface area contributed by atoms with Gasteiger partial charge in [0.1, 0.15) is 12.7 Å². The van der Waals surface area contributed by atoms with Crippen molar-refractivity contribution in [1.82, 2.24) is 5.32 Å². The fourth-order valence-corrected chi connectivity index (χ4v) is 7.61. The van der Waals surface area contributed by atoms with E-state index in [0.29, 0.717) is 12.8 Å². The van der Waals surface area contributed by atoms with Gasteiger partial charge in [0.2, 0.25) is 5.91 Å². The largest absolute Gasteiger partial charge is 0.480 e. The van der Waals surface area contributed by atoms with Crippen LogP contribution in [0.2, 0.25) is 0 Å². The molecule has 0 rings (SSSR count). The number of carboxylic acid groups (broad SMARTS) is 1. The molecule has 11 nitrogen and oxygen atoms in total. The van der Waals surface area contributed by atoms with Gasteiger partial charge in [-0.1, -0.05) is 193 Å². The number of aliphatic carboxylic acids is 1. The lowest BCUT2D eigenvalue weighted by atomic mass is 10.0. The Morgan fingerprint density at radius 1 is 0.534 bits per heavy atom. The molecule has 0 aromatic carbocycles. The van der Waals surface area contributed by atoms with Gasteiger partial charge in [-0.15, -0.1) is 0 Å². The van der Waals surface area contributed by atoms with Crippen molar-refractivity contribution in [2.75, 3.05) is 19.8 Å². The average molecular weight is 846 g/mol. The third kappa shape index (κ3) is 41.0. The minimum Gasteiger partial charge on any atom is -0.480 e. The van der Waals surface area contributed by atoms with Gasteiger partial charge in [-0.3, -0.25) is 18.6 Å². The monoisotopic (exact) mass is 846 g/mol. The third-order valence-electron chi connectivity index (χ3n) is 10.6. The molecule has 1 amide bonds. The average Bonchev–Trinajstić information content (AvgIpc) is 3.20. The lowest BCUT2D eigenvalue weighted by Crippen LogP contribution is -2.43. The van der Waals surface area contributed by atoms with Crippen LogP contribution in [-0.2, 0) is 32.7 Å². The number of carbonyl (C=O) groups is 3. The van der Waals surface area contributed by atoms with Crippen LogP contribution in [0, 0.1) is 0 Å². The molecule has 342 valence electrons. The molecule has 0 saturated carbocycles. The molecule has 0 fully saturated rings. The van der Waals surface area contributed by atoms with Crippen molar-refractivity contribution in [2.24, 2.45) is 0 Å². The Balaban J connectivity index is 3.77. The van der Waals surface area contributed by atoms with E-state index in [1.807, 2.05) is 0 Å². The van der Waals surface area contributed by atoms with Crippen LogP contribution >= 0.6 is 7.82 Å². The number of hydrogen-bond acceptors (Lipinski definition) is 8. The summed E-state index contributed by atoms with van der Waals surface area (Å²) in [4.78, 5) is 45.9. The van der Waals surface area contributed by atoms with Crippen LogP contribution < -0.4 is 5.32 Å². The lowest BCUT2D eigenvalue weighted by Gasteiger charge is -2.18. The number of unbranched alkanes of at least 4 members (excludes halogenated alkanes) is 29. The molecule has 3 atom stereocenters. The van der Waals surface area contributed by atoms with Gasteiger partial charge in [-0.25, -0.2) is 9.36 Å². The van der Waals surface area contributed by atoms with Gasteiger partial charge in [-0.2, -0.15) is 0 Å². The lowest BCUT2D eigenvalue weighted by molar-refractivity contribution is -0.147. The number of aliphatic hydroxyl groups is 1. The highest BCUT2D eigenvalue weighted by molar-refractivity contribution is 7.47. The van der Waals surface area contributed by atoms with Crippen molar-refractivity contribution in [3.05, 3.63) is 12.2 Å². The van der Waals surface area contributed by atoms with Crippen molar-refractivity contribution in [3.63, 3.8) is 0 Å². The zero-order valence-corrected chi connectivity index (χ0v) is 38.0. The second kappa shape index (κ2) is 41.9. The van der Waals surface area contributed by atoms with Crippen LogP contribution in [0.25, 0.3) is 0 Å². The zero-order valence-electron chi connectivity index (χ0n) is 37.1. The molecule has 58 heavy (non-hydrogen) atoms. The number of rotatable bonds is 45. The number of carboxylic acids is 1. The van der Waals surface area contributed by atoms with Crippen LogP contribution in [0.3, 0.4) is 0 Å². The number of phosphoric ester groups is 1. The number of nitrogens with one attached hydrogen (secondary N) is 1. The number of carbonyl (C=O) groups excluding carboxylic acids is 2. The Kier molecular flexibility index (Phi) is 40.6. The number of aliphatic hydroxyl groups excluding tert-OH is 1. The summed E-state index contributed by atoms with van der Waals surface area (Å²) in [5.74, 6) is -2.36. The van der Waals surface area contributed by atoms with E-state index in [0.717, 1.165) is 38.5 Å². The van der Waals surface area contributed by atoms with Gasteiger partial charge < -0.3 is 25.2 Å². The van der Waals surface area contributed by atoms with E-state index in [-0.39, 0.29) is 12.8 Å². The molecule has 0 heterocycles. The van der Waals surface area contributed by atoms with E-state index in [9.17, 15) is 34.1 Å². The predicted molar refractivity (Wildman–Crippen MR) is 236 cm³/mol. The Labute approximate surface area is 354 Å². The summed E-state index contributed by atoms with van der Waals surface area (Å²) < 4.78 is 26.8. The van der Waals surface area contributed by atoms with E-state index in [4.69, 9.17) is 13.8 Å². The summed E-state index contributed by atoms with van der Waals surface area (Å²) in [5, 5.41) is 21.8. The molecule has 0 radical (unpaired) electrons. The molecule has 0 aliphatic rings. The number of phosphoric acid groups is 1. The molecule has 0 saturated heterocycles. The standard InChI is InChI=1S/C46H88NO10P/c1-3-5-7-9-11-13-15-16-17-18-19-20-21-22-23-24-25-26-28-30-32-34-36-38-45(50)55-39-42(48)40-56-58(53,54)57-41-43(46(51)52)47-44(49)37-35-33-31-29-27-14-12-10-8-6-4-2/h16-17,42-43,48H,3-15,18-41H2,1-2H3,(H,47,49)(H,51,52)(H,53,54)/b17-16+. The summed E-state index contributed by atoms with van der Waals surface area (Å²) in [6.45, 7) is 2.60. The van der Waals surface area contributed by atoms with Gasteiger partial charge >= 0.3 is 19.8 Å². The van der Waals surface area contributed by atoms with E-state index in [1.165, 1.54) is 154 Å². The molecule has 12 heteroatoms. The Morgan fingerprint density at radius 3 is 1.31 bits per heavy atom. The van der Waals surface area contributed by atoms with Crippen LogP contribution in [0.4, 0.5) is 0 Å². The smallest absolute Gasteiger partial charge is 0.472 e. The first-order chi connectivity index (χ1) is 28.1.